The van der Waals surface area contributed by atoms with Crippen LogP contribution in [-0.2, 0) is 14.3 Å². The molecular weight excluding hydrogens is 334 g/mol. The molecule has 0 heterocycles. The summed E-state index contributed by atoms with van der Waals surface area (Å²) in [4.78, 5) is 34.8. The van der Waals surface area contributed by atoms with Crippen LogP contribution in [0, 0.1) is 0 Å². The number of nitrogens with one attached hydrogen (secondary N) is 1. The number of rotatable bonds is 7. The third-order valence-corrected chi connectivity index (χ3v) is 3.43. The van der Waals surface area contributed by atoms with Crippen LogP contribution >= 0.6 is 0 Å². The summed E-state index contributed by atoms with van der Waals surface area (Å²) in [6, 6.07) is 13.6. The first-order chi connectivity index (χ1) is 12.5. The zero-order valence-corrected chi connectivity index (χ0v) is 14.5. The molecule has 0 aliphatic heterocycles. The Hall–Kier alpha value is -3.41. The van der Waals surface area contributed by atoms with E-state index >= 15 is 0 Å². The molecule has 0 aromatic heterocycles. The predicted molar refractivity (Wildman–Crippen MR) is 98.1 cm³/mol. The molecule has 0 saturated heterocycles. The maximum atomic E-state index is 11.8. The van der Waals surface area contributed by atoms with Crippen LogP contribution in [0.15, 0.2) is 54.6 Å². The fourth-order valence-corrected chi connectivity index (χ4v) is 2.08. The van der Waals surface area contributed by atoms with Gasteiger partial charge in [0.25, 0.3) is 5.91 Å². The minimum atomic E-state index is -0.631. The van der Waals surface area contributed by atoms with Gasteiger partial charge in [-0.15, -0.1) is 0 Å². The van der Waals surface area contributed by atoms with Gasteiger partial charge in [-0.2, -0.15) is 0 Å². The van der Waals surface area contributed by atoms with Crippen LogP contribution in [0.4, 0.5) is 5.69 Å². The normalized spacial score (nSPS) is 10.4. The topological polar surface area (TPSA) is 81.7 Å². The van der Waals surface area contributed by atoms with Gasteiger partial charge in [0.1, 0.15) is 5.75 Å². The fraction of sp³-hybridized carbons (Fsp3) is 0.150. The molecule has 1 N–H and O–H groups in total. The van der Waals surface area contributed by atoms with Crippen molar-refractivity contribution in [3.63, 3.8) is 0 Å². The van der Waals surface area contributed by atoms with Gasteiger partial charge in [0.05, 0.1) is 7.11 Å². The Kier molecular flexibility index (Phi) is 6.68. The number of ketones is 1. The van der Waals surface area contributed by atoms with E-state index in [1.807, 2.05) is 0 Å². The Bertz CT molecular complexity index is 824. The lowest BCUT2D eigenvalue weighted by molar-refractivity contribution is -0.142. The van der Waals surface area contributed by atoms with Crippen LogP contribution in [0.3, 0.4) is 0 Å². The van der Waals surface area contributed by atoms with Gasteiger partial charge in [0.2, 0.25) is 0 Å². The van der Waals surface area contributed by atoms with Crippen molar-refractivity contribution in [1.29, 1.82) is 0 Å². The summed E-state index contributed by atoms with van der Waals surface area (Å²) in [5, 5.41) is 2.57. The van der Waals surface area contributed by atoms with Crippen molar-refractivity contribution in [3.05, 3.63) is 65.7 Å². The average molecular weight is 353 g/mol. The molecule has 1 amide bonds. The zero-order valence-electron chi connectivity index (χ0n) is 14.5. The van der Waals surface area contributed by atoms with E-state index in [9.17, 15) is 14.4 Å². The molecule has 2 aromatic carbocycles. The Morgan fingerprint density at radius 2 is 1.81 bits per heavy atom. The Morgan fingerprint density at radius 1 is 1.08 bits per heavy atom. The molecule has 0 saturated carbocycles. The third kappa shape index (κ3) is 5.90. The molecule has 2 aromatic rings. The Balaban J connectivity index is 1.82. The van der Waals surface area contributed by atoms with Crippen molar-refractivity contribution < 1.29 is 23.9 Å². The SMILES string of the molecule is COc1ccc(C=CC(=O)OCC(=O)Nc2cccc(C(C)=O)c2)cc1. The van der Waals surface area contributed by atoms with Gasteiger partial charge in [-0.05, 0) is 42.8 Å². The lowest BCUT2D eigenvalue weighted by Gasteiger charge is -2.06. The van der Waals surface area contributed by atoms with Gasteiger partial charge >= 0.3 is 5.97 Å². The minimum absolute atomic E-state index is 0.101. The number of hydrogen-bond donors (Lipinski definition) is 1. The molecule has 2 rings (SSSR count). The number of anilines is 1. The molecule has 134 valence electrons. The number of amides is 1. The van der Waals surface area contributed by atoms with Gasteiger partial charge in [0, 0.05) is 17.3 Å². The van der Waals surface area contributed by atoms with Crippen LogP contribution < -0.4 is 10.1 Å². The summed E-state index contributed by atoms with van der Waals surface area (Å²) in [5.74, 6) is -0.503. The fourth-order valence-electron chi connectivity index (χ4n) is 2.08. The van der Waals surface area contributed by atoms with Gasteiger partial charge in [0.15, 0.2) is 12.4 Å². The summed E-state index contributed by atoms with van der Waals surface area (Å²) in [5.41, 5.74) is 1.75. The average Bonchev–Trinajstić information content (AvgIpc) is 2.65. The number of carbonyl (C=O) groups excluding carboxylic acids is 3. The summed E-state index contributed by atoms with van der Waals surface area (Å²) in [6.07, 6.45) is 2.82. The second-order valence-corrected chi connectivity index (χ2v) is 5.40. The van der Waals surface area contributed by atoms with E-state index in [0.717, 1.165) is 11.3 Å². The molecule has 0 spiro atoms. The van der Waals surface area contributed by atoms with Gasteiger partial charge in [-0.1, -0.05) is 24.3 Å². The summed E-state index contributed by atoms with van der Waals surface area (Å²) in [7, 11) is 1.57. The maximum Gasteiger partial charge on any atom is 0.331 e. The van der Waals surface area contributed by atoms with Crippen LogP contribution in [0.2, 0.25) is 0 Å². The lowest BCUT2D eigenvalue weighted by Crippen LogP contribution is -2.20. The number of hydrogen-bond acceptors (Lipinski definition) is 5. The molecule has 6 nitrogen and oxygen atoms in total. The van der Waals surface area contributed by atoms with Gasteiger partial charge in [-0.25, -0.2) is 4.79 Å². The molecule has 0 radical (unpaired) electrons. The second kappa shape index (κ2) is 9.17. The van der Waals surface area contributed by atoms with Crippen LogP contribution in [0.5, 0.6) is 5.75 Å². The molecule has 26 heavy (non-hydrogen) atoms. The van der Waals surface area contributed by atoms with E-state index in [4.69, 9.17) is 9.47 Å². The highest BCUT2D eigenvalue weighted by atomic mass is 16.5. The molecule has 0 fully saturated rings. The number of esters is 1. The van der Waals surface area contributed by atoms with Gasteiger partial charge in [-0.3, -0.25) is 9.59 Å². The van der Waals surface area contributed by atoms with Crippen molar-refractivity contribution in [1.82, 2.24) is 0 Å². The van der Waals surface area contributed by atoms with E-state index in [2.05, 4.69) is 5.32 Å². The Morgan fingerprint density at radius 3 is 2.46 bits per heavy atom. The molecular formula is C20H19NO5. The largest absolute Gasteiger partial charge is 0.497 e. The second-order valence-electron chi connectivity index (χ2n) is 5.40. The van der Waals surface area contributed by atoms with Crippen LogP contribution in [0.25, 0.3) is 6.08 Å². The molecule has 6 heteroatoms. The number of ether oxygens (including phenoxy) is 2. The van der Waals surface area contributed by atoms with E-state index < -0.39 is 18.5 Å². The molecule has 0 aliphatic rings. The van der Waals surface area contributed by atoms with E-state index in [-0.39, 0.29) is 5.78 Å². The van der Waals surface area contributed by atoms with Crippen LogP contribution in [0.1, 0.15) is 22.8 Å². The van der Waals surface area contributed by atoms with Crippen LogP contribution in [-0.4, -0.2) is 31.4 Å². The molecule has 0 bridgehead atoms. The van der Waals surface area contributed by atoms with Crippen molar-refractivity contribution in [2.45, 2.75) is 6.92 Å². The third-order valence-electron chi connectivity index (χ3n) is 3.43. The van der Waals surface area contributed by atoms with Crippen molar-refractivity contribution >= 4 is 29.4 Å². The zero-order chi connectivity index (χ0) is 18.9. The van der Waals surface area contributed by atoms with Crippen molar-refractivity contribution in [2.24, 2.45) is 0 Å². The van der Waals surface area contributed by atoms with E-state index in [1.165, 1.54) is 13.0 Å². The lowest BCUT2D eigenvalue weighted by atomic mass is 10.1. The van der Waals surface area contributed by atoms with E-state index in [1.54, 1.807) is 61.7 Å². The predicted octanol–water partition coefficient (Wildman–Crippen LogP) is 3.09. The first-order valence-electron chi connectivity index (χ1n) is 7.87. The highest BCUT2D eigenvalue weighted by molar-refractivity contribution is 5.98. The molecule has 0 unspecified atom stereocenters. The Labute approximate surface area is 151 Å². The number of methoxy groups -OCH3 is 1. The number of benzene rings is 2. The standard InChI is InChI=1S/C20H19NO5/c1-14(22)16-4-3-5-17(12-16)21-19(23)13-26-20(24)11-8-15-6-9-18(25-2)10-7-15/h3-12H,13H2,1-2H3,(H,21,23). The minimum Gasteiger partial charge on any atom is -0.497 e. The smallest absolute Gasteiger partial charge is 0.331 e. The molecule has 0 aliphatic carbocycles. The van der Waals surface area contributed by atoms with Gasteiger partial charge < -0.3 is 14.8 Å². The highest BCUT2D eigenvalue weighted by Gasteiger charge is 2.07. The highest BCUT2D eigenvalue weighted by Crippen LogP contribution is 2.13. The molecule has 0 atom stereocenters. The first-order valence-corrected chi connectivity index (χ1v) is 7.87. The monoisotopic (exact) mass is 353 g/mol. The number of Topliss-reactive ketones (excluding diaryl/α,β-unsaturated/α-hetero) is 1. The number of carbonyl (C=O) groups is 3. The van der Waals surface area contributed by atoms with E-state index in [0.29, 0.717) is 11.3 Å². The van der Waals surface area contributed by atoms with Crippen molar-refractivity contribution in [2.75, 3.05) is 19.0 Å². The quantitative estimate of drug-likeness (QED) is 0.470. The van der Waals surface area contributed by atoms with Crippen molar-refractivity contribution in [3.8, 4) is 5.75 Å². The first kappa shape index (κ1) is 18.9. The maximum absolute atomic E-state index is 11.8. The summed E-state index contributed by atoms with van der Waals surface area (Å²) in [6.45, 7) is 1.02. The summed E-state index contributed by atoms with van der Waals surface area (Å²) >= 11 is 0. The summed E-state index contributed by atoms with van der Waals surface area (Å²) < 4.78 is 9.94.